The van der Waals surface area contributed by atoms with Crippen molar-refractivity contribution in [3.63, 3.8) is 0 Å². The molecule has 0 N–H and O–H groups in total. The summed E-state index contributed by atoms with van der Waals surface area (Å²) in [7, 11) is 0. The molecule has 53 heavy (non-hydrogen) atoms. The summed E-state index contributed by atoms with van der Waals surface area (Å²) in [5.74, 6) is 1.86. The van der Waals surface area contributed by atoms with Crippen LogP contribution in [-0.4, -0.2) is 0 Å². The van der Waals surface area contributed by atoms with Crippen molar-refractivity contribution >= 4 is 60.3 Å². The molecule has 0 amide bonds. The Balaban J connectivity index is 1.17. The van der Waals surface area contributed by atoms with Crippen molar-refractivity contribution in [1.29, 1.82) is 0 Å². The van der Waals surface area contributed by atoms with E-state index >= 15 is 0 Å². The number of rotatable bonds is 4. The highest BCUT2D eigenvalue weighted by molar-refractivity contribution is 6.23. The average molecular weight is 679 g/mol. The summed E-state index contributed by atoms with van der Waals surface area (Å²) in [5.41, 5.74) is 12.9. The maximum atomic E-state index is 6.81. The Morgan fingerprint density at radius 3 is 1.74 bits per heavy atom. The van der Waals surface area contributed by atoms with Gasteiger partial charge in [0.25, 0.3) is 0 Å². The maximum absolute atomic E-state index is 6.81. The number of fused-ring (bicyclic) bond motifs is 7. The molecule has 2 nitrogen and oxygen atoms in total. The molecule has 0 fully saturated rings. The molecule has 10 aromatic rings. The van der Waals surface area contributed by atoms with Crippen LogP contribution in [0.15, 0.2) is 167 Å². The molecule has 0 bridgehead atoms. The topological polar surface area (TPSA) is 26.3 Å². The number of benzene rings is 8. The van der Waals surface area contributed by atoms with Crippen molar-refractivity contribution in [2.24, 2.45) is 0 Å². The maximum Gasteiger partial charge on any atom is 0.136 e. The second-order valence-electron chi connectivity index (χ2n) is 14.2. The van der Waals surface area contributed by atoms with Crippen molar-refractivity contribution in [2.75, 3.05) is 0 Å². The van der Waals surface area contributed by atoms with Gasteiger partial charge in [-0.1, -0.05) is 133 Å². The van der Waals surface area contributed by atoms with Crippen molar-refractivity contribution < 1.29 is 8.83 Å². The Hall–Kier alpha value is -6.64. The first kappa shape index (κ1) is 30.0. The molecule has 0 radical (unpaired) electrons. The molecule has 1 aliphatic rings. The predicted octanol–water partition coefficient (Wildman–Crippen LogP) is 14.6. The lowest BCUT2D eigenvalue weighted by atomic mass is 9.80. The monoisotopic (exact) mass is 678 g/mol. The van der Waals surface area contributed by atoms with Crippen LogP contribution >= 0.6 is 0 Å². The lowest BCUT2D eigenvalue weighted by Gasteiger charge is -2.23. The second-order valence-corrected chi connectivity index (χ2v) is 14.2. The number of aryl methyl sites for hydroxylation is 1. The third-order valence-corrected chi connectivity index (χ3v) is 11.2. The number of hydrogen-bond acceptors (Lipinski definition) is 2. The van der Waals surface area contributed by atoms with Gasteiger partial charge < -0.3 is 8.83 Å². The van der Waals surface area contributed by atoms with E-state index in [0.29, 0.717) is 0 Å². The van der Waals surface area contributed by atoms with Gasteiger partial charge in [-0.05, 0) is 127 Å². The Labute approximate surface area is 307 Å². The van der Waals surface area contributed by atoms with Crippen LogP contribution in [0.2, 0.25) is 0 Å². The van der Waals surface area contributed by atoms with Gasteiger partial charge in [-0.3, -0.25) is 0 Å². The van der Waals surface area contributed by atoms with E-state index in [4.69, 9.17) is 8.83 Å². The fraction of sp³-hybridized carbons (Fsp3) is 0.0588. The summed E-state index contributed by atoms with van der Waals surface area (Å²) in [4.78, 5) is 0. The minimum Gasteiger partial charge on any atom is -0.461 e. The molecule has 1 aliphatic carbocycles. The van der Waals surface area contributed by atoms with Gasteiger partial charge in [-0.15, -0.1) is 0 Å². The molecule has 2 heterocycles. The first-order chi connectivity index (χ1) is 26.2. The first-order valence-corrected chi connectivity index (χ1v) is 18.5. The van der Waals surface area contributed by atoms with Crippen LogP contribution in [0.3, 0.4) is 0 Å². The minimum atomic E-state index is 0.890. The zero-order valence-corrected chi connectivity index (χ0v) is 29.3. The summed E-state index contributed by atoms with van der Waals surface area (Å²) in [5, 5.41) is 9.67. The van der Waals surface area contributed by atoms with Gasteiger partial charge in [0.05, 0.1) is 0 Å². The molecule has 11 rings (SSSR count). The fourth-order valence-electron chi connectivity index (χ4n) is 9.07. The van der Waals surface area contributed by atoms with Gasteiger partial charge in [0.1, 0.15) is 22.7 Å². The Morgan fingerprint density at radius 2 is 1.08 bits per heavy atom. The standard InChI is InChI=1S/C51H34O2/c1-31-26-29-45(52-31)50-40-22-11-9-20-38(40)49(39-21-10-12-23-41(39)50)43-24-13-25-44-51(43)42-28-27-33(30-46(42)53-44)48-36-18-7-5-16-34(36)47(32-14-3-2-4-15-32)35-17-6-8-19-37(35)48/h2-11,13-22,24-30H,12,23H2,1H3. The van der Waals surface area contributed by atoms with E-state index in [0.717, 1.165) is 51.9 Å². The van der Waals surface area contributed by atoms with E-state index < -0.39 is 0 Å². The van der Waals surface area contributed by atoms with Gasteiger partial charge in [-0.25, -0.2) is 0 Å². The molecule has 8 aromatic carbocycles. The lowest BCUT2D eigenvalue weighted by Crippen LogP contribution is -2.02. The third-order valence-electron chi connectivity index (χ3n) is 11.2. The molecular weight excluding hydrogens is 645 g/mol. The molecule has 0 spiro atoms. The predicted molar refractivity (Wildman–Crippen MR) is 222 cm³/mol. The van der Waals surface area contributed by atoms with Gasteiger partial charge in [0.2, 0.25) is 0 Å². The van der Waals surface area contributed by atoms with Crippen LogP contribution in [0.25, 0.3) is 105 Å². The number of allylic oxidation sites excluding steroid dienone is 1. The van der Waals surface area contributed by atoms with E-state index in [-0.39, 0.29) is 0 Å². The summed E-state index contributed by atoms with van der Waals surface area (Å²) < 4.78 is 13.1. The van der Waals surface area contributed by atoms with Crippen LogP contribution < -0.4 is 0 Å². The average Bonchev–Trinajstić information content (AvgIpc) is 3.82. The summed E-state index contributed by atoms with van der Waals surface area (Å²) in [6.07, 6.45) is 6.62. The first-order valence-electron chi connectivity index (χ1n) is 18.5. The van der Waals surface area contributed by atoms with Gasteiger partial charge in [0.15, 0.2) is 0 Å². The fourth-order valence-corrected chi connectivity index (χ4v) is 9.07. The van der Waals surface area contributed by atoms with E-state index in [2.05, 4.69) is 164 Å². The third kappa shape index (κ3) is 4.52. The largest absolute Gasteiger partial charge is 0.461 e. The molecule has 250 valence electrons. The molecule has 2 heteroatoms. The molecular formula is C51H34O2. The molecule has 0 saturated carbocycles. The molecule has 0 atom stereocenters. The van der Waals surface area contributed by atoms with E-state index in [1.807, 2.05) is 6.92 Å². The van der Waals surface area contributed by atoms with Crippen LogP contribution in [0.5, 0.6) is 0 Å². The van der Waals surface area contributed by atoms with Crippen LogP contribution in [0.4, 0.5) is 0 Å². The number of hydrogen-bond donors (Lipinski definition) is 0. The van der Waals surface area contributed by atoms with E-state index in [1.165, 1.54) is 76.8 Å². The van der Waals surface area contributed by atoms with E-state index in [9.17, 15) is 0 Å². The molecule has 2 aromatic heterocycles. The van der Waals surface area contributed by atoms with Crippen molar-refractivity contribution in [3.05, 3.63) is 175 Å². The van der Waals surface area contributed by atoms with Crippen molar-refractivity contribution in [2.45, 2.75) is 19.8 Å². The van der Waals surface area contributed by atoms with Gasteiger partial charge in [0, 0.05) is 16.3 Å². The zero-order chi connectivity index (χ0) is 35.0. The van der Waals surface area contributed by atoms with Gasteiger partial charge >= 0.3 is 0 Å². The Bertz CT molecular complexity index is 3060. The lowest BCUT2D eigenvalue weighted by molar-refractivity contribution is 0.548. The number of furan rings is 2. The van der Waals surface area contributed by atoms with Gasteiger partial charge in [-0.2, -0.15) is 0 Å². The summed E-state index contributed by atoms with van der Waals surface area (Å²) >= 11 is 0. The van der Waals surface area contributed by atoms with Crippen molar-refractivity contribution in [3.8, 4) is 44.7 Å². The normalized spacial score (nSPS) is 12.8. The van der Waals surface area contributed by atoms with Crippen LogP contribution in [-0.2, 0) is 6.42 Å². The molecule has 0 aliphatic heterocycles. The van der Waals surface area contributed by atoms with E-state index in [1.54, 1.807) is 0 Å². The SMILES string of the molecule is Cc1ccc(-c2c3c(c(-c4cccc5oc6cc(-c7c8ccccc8c(-c8ccccc8)c8ccccc78)ccc6c45)c4ccccc24)C=CCC3)o1. The molecule has 0 unspecified atom stereocenters. The van der Waals surface area contributed by atoms with Crippen LogP contribution in [0.1, 0.15) is 23.3 Å². The minimum absolute atomic E-state index is 0.890. The second kappa shape index (κ2) is 11.7. The summed E-state index contributed by atoms with van der Waals surface area (Å²) in [6, 6.07) is 54.8. The highest BCUT2D eigenvalue weighted by Gasteiger charge is 2.25. The summed E-state index contributed by atoms with van der Waals surface area (Å²) in [6.45, 7) is 2.02. The molecule has 0 saturated heterocycles. The smallest absolute Gasteiger partial charge is 0.136 e. The Kier molecular flexibility index (Phi) is 6.63. The van der Waals surface area contributed by atoms with Crippen molar-refractivity contribution in [1.82, 2.24) is 0 Å². The zero-order valence-electron chi connectivity index (χ0n) is 29.3. The quantitative estimate of drug-likeness (QED) is 0.173. The highest BCUT2D eigenvalue weighted by atomic mass is 16.3. The Morgan fingerprint density at radius 1 is 0.453 bits per heavy atom. The highest BCUT2D eigenvalue weighted by Crippen LogP contribution is 2.49. The van der Waals surface area contributed by atoms with Crippen LogP contribution in [0, 0.1) is 6.92 Å².